The van der Waals surface area contributed by atoms with Crippen molar-refractivity contribution in [1.82, 2.24) is 4.57 Å². The van der Waals surface area contributed by atoms with Crippen molar-refractivity contribution < 1.29 is 23.4 Å². The average Bonchev–Trinajstić information content (AvgIpc) is 3.19. The van der Waals surface area contributed by atoms with Gasteiger partial charge in [-0.25, -0.2) is 0 Å². The average molecular weight is 516 g/mol. The zero-order valence-electron chi connectivity index (χ0n) is 20.4. The van der Waals surface area contributed by atoms with E-state index < -0.39 is 11.7 Å². The van der Waals surface area contributed by atoms with Crippen LogP contribution in [0.15, 0.2) is 101 Å². The minimum absolute atomic E-state index is 0.00382. The molecular weight excluding hydrogens is 491 g/mol. The second-order valence-electron chi connectivity index (χ2n) is 8.89. The fourth-order valence-electron chi connectivity index (χ4n) is 4.46. The van der Waals surface area contributed by atoms with E-state index in [4.69, 9.17) is 0 Å². The van der Waals surface area contributed by atoms with Gasteiger partial charge >= 0.3 is 6.18 Å². The molecule has 5 rings (SSSR count). The Bertz CT molecular complexity index is 1620. The molecule has 0 fully saturated rings. The van der Waals surface area contributed by atoms with E-state index in [0.717, 1.165) is 36.1 Å². The van der Waals surface area contributed by atoms with Gasteiger partial charge in [0.2, 0.25) is 5.88 Å². The standard InChI is InChI=1S/C30H24F3N3O2/c1-2-7-19-12-15-22(16-13-19)36-26-18-21(30(31,32)33)14-17-24(26)27(29(36)38)35-34-25-11-6-10-23(28(25)37)20-8-4-3-5-9-20/h3-6,8-18,37-38H,2,7H2,1H3. The Hall–Kier alpha value is -4.59. The molecule has 0 aliphatic rings. The van der Waals surface area contributed by atoms with Crippen LogP contribution in [0.2, 0.25) is 0 Å². The van der Waals surface area contributed by atoms with Crippen LogP contribution >= 0.6 is 0 Å². The minimum Gasteiger partial charge on any atom is -0.505 e. The van der Waals surface area contributed by atoms with Gasteiger partial charge in [-0.3, -0.25) is 4.57 Å². The summed E-state index contributed by atoms with van der Waals surface area (Å²) in [6.45, 7) is 2.06. The fourth-order valence-corrected chi connectivity index (χ4v) is 4.46. The third-order valence-electron chi connectivity index (χ3n) is 6.34. The number of aromatic hydroxyl groups is 2. The first-order valence-corrected chi connectivity index (χ1v) is 12.1. The molecule has 1 aromatic heterocycles. The Kier molecular flexibility index (Phi) is 6.63. The molecule has 4 aromatic carbocycles. The lowest BCUT2D eigenvalue weighted by Gasteiger charge is -2.10. The Morgan fingerprint density at radius 2 is 1.55 bits per heavy atom. The van der Waals surface area contributed by atoms with Gasteiger partial charge in [-0.05, 0) is 53.9 Å². The van der Waals surface area contributed by atoms with Crippen molar-refractivity contribution in [2.75, 3.05) is 0 Å². The van der Waals surface area contributed by atoms with E-state index in [0.29, 0.717) is 11.3 Å². The zero-order chi connectivity index (χ0) is 26.9. The number of alkyl halides is 3. The molecule has 0 radical (unpaired) electrons. The highest BCUT2D eigenvalue weighted by Crippen LogP contribution is 2.45. The number of hydrogen-bond acceptors (Lipinski definition) is 4. The molecule has 0 saturated heterocycles. The van der Waals surface area contributed by atoms with Gasteiger partial charge in [0.05, 0.1) is 11.1 Å². The second-order valence-corrected chi connectivity index (χ2v) is 8.89. The van der Waals surface area contributed by atoms with Crippen LogP contribution in [0.5, 0.6) is 11.6 Å². The van der Waals surface area contributed by atoms with Crippen LogP contribution in [0.1, 0.15) is 24.5 Å². The van der Waals surface area contributed by atoms with Gasteiger partial charge in [-0.15, -0.1) is 10.2 Å². The van der Waals surface area contributed by atoms with E-state index in [1.807, 2.05) is 42.5 Å². The van der Waals surface area contributed by atoms with Crippen LogP contribution in [0.25, 0.3) is 27.7 Å². The number of fused-ring (bicyclic) bond motifs is 1. The van der Waals surface area contributed by atoms with Crippen molar-refractivity contribution in [2.24, 2.45) is 10.2 Å². The summed E-state index contributed by atoms with van der Waals surface area (Å²) < 4.78 is 42.0. The predicted octanol–water partition coefficient (Wildman–Crippen LogP) is 9.10. The molecule has 0 spiro atoms. The van der Waals surface area contributed by atoms with E-state index in [2.05, 4.69) is 17.2 Å². The van der Waals surface area contributed by atoms with Crippen molar-refractivity contribution >= 4 is 22.3 Å². The Morgan fingerprint density at radius 3 is 2.24 bits per heavy atom. The molecule has 5 aromatic rings. The lowest BCUT2D eigenvalue weighted by Crippen LogP contribution is -2.05. The van der Waals surface area contributed by atoms with Crippen molar-refractivity contribution in [3.8, 4) is 28.4 Å². The third kappa shape index (κ3) is 4.72. The first-order valence-electron chi connectivity index (χ1n) is 12.1. The minimum atomic E-state index is -4.56. The summed E-state index contributed by atoms with van der Waals surface area (Å²) in [7, 11) is 0. The van der Waals surface area contributed by atoms with Crippen molar-refractivity contribution in [3.63, 3.8) is 0 Å². The van der Waals surface area contributed by atoms with Gasteiger partial charge < -0.3 is 10.2 Å². The van der Waals surface area contributed by atoms with E-state index in [1.165, 1.54) is 10.6 Å². The number of nitrogens with zero attached hydrogens (tertiary/aromatic N) is 3. The molecule has 0 saturated carbocycles. The smallest absolute Gasteiger partial charge is 0.416 e. The topological polar surface area (TPSA) is 70.1 Å². The molecule has 8 heteroatoms. The molecule has 192 valence electrons. The number of rotatable bonds is 6. The summed E-state index contributed by atoms with van der Waals surface area (Å²) in [4.78, 5) is 0. The first-order chi connectivity index (χ1) is 18.3. The number of phenols is 1. The molecular formula is C30H24F3N3O2. The molecule has 0 unspecified atom stereocenters. The lowest BCUT2D eigenvalue weighted by atomic mass is 10.0. The molecule has 0 atom stereocenters. The van der Waals surface area contributed by atoms with Crippen molar-refractivity contribution in [2.45, 2.75) is 25.9 Å². The number of azo groups is 1. The Labute approximate surface area is 217 Å². The fraction of sp³-hybridized carbons (Fsp3) is 0.133. The molecule has 0 aliphatic heterocycles. The van der Waals surface area contributed by atoms with Crippen molar-refractivity contribution in [3.05, 3.63) is 102 Å². The summed E-state index contributed by atoms with van der Waals surface area (Å²) in [6.07, 6.45) is -2.74. The quantitative estimate of drug-likeness (QED) is 0.221. The summed E-state index contributed by atoms with van der Waals surface area (Å²) in [5.74, 6) is -0.457. The van der Waals surface area contributed by atoms with Gasteiger partial charge in [0.25, 0.3) is 0 Å². The monoisotopic (exact) mass is 515 g/mol. The van der Waals surface area contributed by atoms with Gasteiger partial charge in [0, 0.05) is 16.6 Å². The maximum atomic E-state index is 13.5. The lowest BCUT2D eigenvalue weighted by molar-refractivity contribution is -0.137. The van der Waals surface area contributed by atoms with Crippen LogP contribution in [-0.4, -0.2) is 14.8 Å². The highest BCUT2D eigenvalue weighted by atomic mass is 19.4. The maximum Gasteiger partial charge on any atom is 0.416 e. The van der Waals surface area contributed by atoms with E-state index in [9.17, 15) is 23.4 Å². The molecule has 0 aliphatic carbocycles. The molecule has 2 N–H and O–H groups in total. The summed E-state index contributed by atoms with van der Waals surface area (Å²) in [5, 5.41) is 30.7. The highest BCUT2D eigenvalue weighted by molar-refractivity contribution is 5.97. The number of hydrogen-bond donors (Lipinski definition) is 2. The van der Waals surface area contributed by atoms with Crippen LogP contribution in [0, 0.1) is 0 Å². The largest absolute Gasteiger partial charge is 0.505 e. The summed E-state index contributed by atoms with van der Waals surface area (Å²) >= 11 is 0. The van der Waals surface area contributed by atoms with Crippen molar-refractivity contribution in [1.29, 1.82) is 0 Å². The molecule has 1 heterocycles. The molecule has 0 bridgehead atoms. The van der Waals surface area contributed by atoms with E-state index in [-0.39, 0.29) is 33.9 Å². The number of phenolic OH excluding ortho intramolecular Hbond substituents is 1. The normalized spacial score (nSPS) is 12.0. The number of para-hydroxylation sites is 1. The highest BCUT2D eigenvalue weighted by Gasteiger charge is 2.32. The number of benzene rings is 4. The van der Waals surface area contributed by atoms with Gasteiger partial charge in [0.1, 0.15) is 5.69 Å². The first kappa shape index (κ1) is 25.1. The third-order valence-corrected chi connectivity index (χ3v) is 6.34. The molecule has 5 nitrogen and oxygen atoms in total. The zero-order valence-corrected chi connectivity index (χ0v) is 20.4. The van der Waals surface area contributed by atoms with Gasteiger partial charge in [0.15, 0.2) is 11.4 Å². The van der Waals surface area contributed by atoms with Crippen LogP contribution in [0.3, 0.4) is 0 Å². The summed E-state index contributed by atoms with van der Waals surface area (Å²) in [6, 6.07) is 24.7. The second kappa shape index (κ2) is 10.0. The Balaban J connectivity index is 1.64. The van der Waals surface area contributed by atoms with Gasteiger partial charge in [-0.2, -0.15) is 13.2 Å². The molecule has 38 heavy (non-hydrogen) atoms. The summed E-state index contributed by atoms with van der Waals surface area (Å²) in [5.41, 5.74) is 2.35. The van der Waals surface area contributed by atoms with Crippen LogP contribution < -0.4 is 0 Å². The maximum absolute atomic E-state index is 13.5. The van der Waals surface area contributed by atoms with E-state index in [1.54, 1.807) is 30.3 Å². The number of halogens is 3. The van der Waals surface area contributed by atoms with E-state index >= 15 is 0 Å². The SMILES string of the molecule is CCCc1ccc(-n2c(O)c(N=Nc3cccc(-c4ccccc4)c3O)c3ccc(C(F)(F)F)cc32)cc1. The van der Waals surface area contributed by atoms with Crippen LogP contribution in [0.4, 0.5) is 24.5 Å². The van der Waals surface area contributed by atoms with Gasteiger partial charge in [-0.1, -0.05) is 67.9 Å². The number of aromatic nitrogens is 1. The van der Waals surface area contributed by atoms with Crippen LogP contribution in [-0.2, 0) is 12.6 Å². The predicted molar refractivity (Wildman–Crippen MR) is 142 cm³/mol. The molecule has 0 amide bonds. The Morgan fingerprint density at radius 1 is 0.816 bits per heavy atom. The number of aryl methyl sites for hydroxylation is 1.